The smallest absolute Gasteiger partial charge is 0.407 e. The van der Waals surface area contributed by atoms with E-state index in [4.69, 9.17) is 19.2 Å². The second kappa shape index (κ2) is 17.5. The van der Waals surface area contributed by atoms with Crippen LogP contribution in [0.4, 0.5) is 4.79 Å². The van der Waals surface area contributed by atoms with Crippen molar-refractivity contribution in [2.45, 2.75) is 159 Å². The summed E-state index contributed by atoms with van der Waals surface area (Å²) in [5, 5.41) is 6.26. The molecule has 3 aliphatic carbocycles. The van der Waals surface area contributed by atoms with Gasteiger partial charge < -0.3 is 29.7 Å². The molecule has 3 N–H and O–H groups in total. The van der Waals surface area contributed by atoms with E-state index in [2.05, 4.69) is 22.3 Å². The Bertz CT molecular complexity index is 2030. The third-order valence-electron chi connectivity index (χ3n) is 13.8. The number of pyridine rings is 1. The predicted octanol–water partition coefficient (Wildman–Crippen LogP) is 5.87. The lowest BCUT2D eigenvalue weighted by molar-refractivity contribution is -0.145. The number of aromatic nitrogens is 1. The minimum absolute atomic E-state index is 0.0867. The van der Waals surface area contributed by atoms with Gasteiger partial charge >= 0.3 is 6.09 Å². The van der Waals surface area contributed by atoms with Gasteiger partial charge in [-0.05, 0) is 99.7 Å². The van der Waals surface area contributed by atoms with Crippen LogP contribution >= 0.6 is 0 Å². The Morgan fingerprint density at radius 3 is 2.47 bits per heavy atom. The number of methoxy groups -OCH3 is 1. The first-order valence-corrected chi connectivity index (χ1v) is 23.5. The van der Waals surface area contributed by atoms with Crippen molar-refractivity contribution in [3.05, 3.63) is 29.5 Å². The largest absolute Gasteiger partial charge is 0.497 e. The number of carbonyl (C=O) groups is 4. The van der Waals surface area contributed by atoms with E-state index in [9.17, 15) is 27.6 Å². The van der Waals surface area contributed by atoms with Crippen molar-refractivity contribution >= 4 is 44.7 Å². The summed E-state index contributed by atoms with van der Waals surface area (Å²) in [7, 11) is -0.675. The van der Waals surface area contributed by atoms with Gasteiger partial charge in [-0.15, -0.1) is 0 Å². The molecule has 2 bridgehead atoms. The standard InChI is InChI=1S/C44H63N5O9S/c1-6-28-25-44(28,41(52)48-59(54,55)31-17-18-31)47-39(50)36-24-30-15-19-32-33-23-29(56-5)16-20-34(33)45-35(37(32)58-30)14-10-7-9-13-27(2)26-57-42(53)46-38(40(51)49(36)4)43(3)21-11-8-12-22-43/h16,20,23,27-28,30-31,36,38H,6-15,17-19,21-22,24-26H2,1-5H3,(H,46,53)(H,47,50)(H,48,52). The van der Waals surface area contributed by atoms with Gasteiger partial charge in [0.2, 0.25) is 21.8 Å². The number of nitrogens with zero attached hydrogens (tertiary/aromatic N) is 2. The van der Waals surface area contributed by atoms with Gasteiger partial charge in [0.15, 0.2) is 0 Å². The highest BCUT2D eigenvalue weighted by atomic mass is 32.2. The van der Waals surface area contributed by atoms with E-state index in [1.54, 1.807) is 14.2 Å². The minimum Gasteiger partial charge on any atom is -0.497 e. The summed E-state index contributed by atoms with van der Waals surface area (Å²) < 4.78 is 46.3. The van der Waals surface area contributed by atoms with E-state index in [1.165, 1.54) is 4.90 Å². The van der Waals surface area contributed by atoms with E-state index in [-0.39, 0.29) is 31.3 Å². The van der Waals surface area contributed by atoms with Crippen LogP contribution in [-0.4, -0.2) is 91.9 Å². The number of rotatable bonds is 8. The molecule has 2 aliphatic heterocycles. The molecule has 4 amide bonds. The number of hydrogen-bond donors (Lipinski definition) is 3. The first-order chi connectivity index (χ1) is 28.2. The zero-order valence-electron chi connectivity index (χ0n) is 35.4. The lowest BCUT2D eigenvalue weighted by atomic mass is 9.70. The first kappa shape index (κ1) is 43.0. The maximum atomic E-state index is 15.0. The van der Waals surface area contributed by atoms with Gasteiger partial charge in [0.05, 0.1) is 30.2 Å². The number of benzene rings is 1. The van der Waals surface area contributed by atoms with Crippen LogP contribution in [0.25, 0.3) is 10.9 Å². The average molecular weight is 838 g/mol. The highest BCUT2D eigenvalue weighted by Gasteiger charge is 2.62. The number of sulfonamides is 1. The number of amides is 4. The van der Waals surface area contributed by atoms with Crippen molar-refractivity contribution in [1.82, 2.24) is 25.2 Å². The minimum atomic E-state index is -3.88. The summed E-state index contributed by atoms with van der Waals surface area (Å²) in [6.07, 6.45) is 10.5. The molecule has 0 radical (unpaired) electrons. The number of cyclic esters (lactones) is 1. The Morgan fingerprint density at radius 1 is 1.03 bits per heavy atom. The summed E-state index contributed by atoms with van der Waals surface area (Å²) in [5.41, 5.74) is 0.698. The van der Waals surface area contributed by atoms with Crippen molar-refractivity contribution < 1.29 is 41.8 Å². The highest BCUT2D eigenvalue weighted by molar-refractivity contribution is 7.91. The maximum Gasteiger partial charge on any atom is 0.407 e. The van der Waals surface area contributed by atoms with Crippen molar-refractivity contribution in [1.29, 1.82) is 0 Å². The number of aryl methyl sites for hydroxylation is 2. The third-order valence-corrected chi connectivity index (χ3v) is 15.6. The molecule has 7 rings (SSSR count). The van der Waals surface area contributed by atoms with E-state index >= 15 is 0 Å². The summed E-state index contributed by atoms with van der Waals surface area (Å²) in [4.78, 5) is 63.6. The van der Waals surface area contributed by atoms with Gasteiger partial charge in [-0.2, -0.15) is 0 Å². The maximum absolute atomic E-state index is 15.0. The second-order valence-corrected chi connectivity index (χ2v) is 20.2. The van der Waals surface area contributed by atoms with Gasteiger partial charge in [0.1, 0.15) is 35.2 Å². The Balaban J connectivity index is 1.25. The number of nitrogens with one attached hydrogen (secondary N) is 3. The van der Waals surface area contributed by atoms with Crippen LogP contribution in [0.1, 0.15) is 128 Å². The SMILES string of the molecule is CCC1CC1(NC(=O)C1CC2CCc3c(c(nc4ccc(OC)cc34)CCCCCC(C)COC(=O)NC(C3(C)CCCCC3)C(=O)N1C)O2)C(=O)NS(=O)(=O)C1CC1. The Morgan fingerprint density at radius 2 is 1.78 bits per heavy atom. The molecule has 3 heterocycles. The number of alkyl carbamates (subject to hydrolysis) is 1. The van der Waals surface area contributed by atoms with E-state index < -0.39 is 68.2 Å². The van der Waals surface area contributed by atoms with Crippen LogP contribution in [0.5, 0.6) is 11.5 Å². The van der Waals surface area contributed by atoms with Gasteiger partial charge in [-0.1, -0.05) is 59.3 Å². The van der Waals surface area contributed by atoms with Crippen LogP contribution in [0.3, 0.4) is 0 Å². The predicted molar refractivity (Wildman–Crippen MR) is 222 cm³/mol. The highest BCUT2D eigenvalue weighted by Crippen LogP contribution is 2.47. The Kier molecular flexibility index (Phi) is 12.7. The van der Waals surface area contributed by atoms with Crippen molar-refractivity contribution in [3.63, 3.8) is 0 Å². The summed E-state index contributed by atoms with van der Waals surface area (Å²) in [6.45, 7) is 6.18. The number of hydrogen-bond acceptors (Lipinski definition) is 10. The van der Waals surface area contributed by atoms with E-state index in [1.807, 2.05) is 32.0 Å². The molecule has 3 fully saturated rings. The third kappa shape index (κ3) is 9.29. The van der Waals surface area contributed by atoms with Crippen LogP contribution in [-0.2, 0) is 42.0 Å². The molecule has 59 heavy (non-hydrogen) atoms. The summed E-state index contributed by atoms with van der Waals surface area (Å²) in [5.74, 6) is -0.527. The fourth-order valence-electron chi connectivity index (χ4n) is 9.68. The fourth-order valence-corrected chi connectivity index (χ4v) is 11.0. The first-order valence-electron chi connectivity index (χ1n) is 21.9. The van der Waals surface area contributed by atoms with Crippen molar-refractivity contribution in [2.24, 2.45) is 17.3 Å². The summed E-state index contributed by atoms with van der Waals surface area (Å²) in [6, 6.07) is 3.74. The van der Waals surface area contributed by atoms with Crippen molar-refractivity contribution in [3.8, 4) is 11.5 Å². The number of ether oxygens (including phenoxy) is 3. The lowest BCUT2D eigenvalue weighted by Crippen LogP contribution is -2.62. The molecule has 15 heteroatoms. The second-order valence-electron chi connectivity index (χ2n) is 18.3. The molecule has 6 unspecified atom stereocenters. The molecule has 1 aromatic heterocycles. The fraction of sp³-hybridized carbons (Fsp3) is 0.705. The van der Waals surface area contributed by atoms with Crippen molar-refractivity contribution in [2.75, 3.05) is 20.8 Å². The van der Waals surface area contributed by atoms with Gasteiger partial charge in [0, 0.05) is 24.4 Å². The molecular formula is C44H63N5O9S. The molecular weight excluding hydrogens is 775 g/mol. The molecule has 2 aromatic rings. The Labute approximate surface area is 348 Å². The summed E-state index contributed by atoms with van der Waals surface area (Å²) >= 11 is 0. The normalized spacial score (nSPS) is 29.4. The van der Waals surface area contributed by atoms with E-state index in [0.29, 0.717) is 62.9 Å². The molecule has 14 nitrogen and oxygen atoms in total. The number of carbonyl (C=O) groups excluding carboxylic acids is 4. The van der Waals surface area contributed by atoms with Crippen LogP contribution < -0.4 is 24.8 Å². The van der Waals surface area contributed by atoms with Crippen LogP contribution in [0.15, 0.2) is 18.2 Å². The molecule has 324 valence electrons. The average Bonchev–Trinajstić information content (AvgIpc) is 4.16. The quantitative estimate of drug-likeness (QED) is 0.291. The number of likely N-dealkylation sites (N-methyl/N-ethyl adjacent to an activating group) is 1. The molecule has 0 spiro atoms. The molecule has 6 atom stereocenters. The topological polar surface area (TPSA) is 182 Å². The molecule has 3 saturated carbocycles. The van der Waals surface area contributed by atoms with Gasteiger partial charge in [0.25, 0.3) is 5.91 Å². The van der Waals surface area contributed by atoms with Gasteiger partial charge in [-0.25, -0.2) is 18.2 Å². The monoisotopic (exact) mass is 837 g/mol. The lowest BCUT2D eigenvalue weighted by Gasteiger charge is -2.43. The number of fused-ring (bicyclic) bond motifs is 3. The van der Waals surface area contributed by atoms with Gasteiger partial charge in [-0.3, -0.25) is 19.1 Å². The Hall–Kier alpha value is -4.14. The zero-order valence-corrected chi connectivity index (χ0v) is 36.2. The van der Waals surface area contributed by atoms with E-state index in [0.717, 1.165) is 67.1 Å². The zero-order chi connectivity index (χ0) is 42.1. The van der Waals surface area contributed by atoms with Crippen LogP contribution in [0.2, 0.25) is 0 Å². The molecule has 5 aliphatic rings. The van der Waals surface area contributed by atoms with Crippen LogP contribution in [0, 0.1) is 17.3 Å². The molecule has 1 aromatic carbocycles. The molecule has 0 saturated heterocycles.